The molecule has 2 N–H and O–H groups in total. The SMILES string of the molecule is CCOc1cc(Oc2ccc3c(c2)CCC3)c(N)cc1F. The fraction of sp³-hybridized carbons (Fsp3) is 0.294. The molecule has 2 aromatic rings. The molecule has 0 radical (unpaired) electrons. The fourth-order valence-corrected chi connectivity index (χ4v) is 2.64. The van der Waals surface area contributed by atoms with Crippen LogP contribution in [0.4, 0.5) is 10.1 Å². The number of rotatable bonds is 4. The highest BCUT2D eigenvalue weighted by Crippen LogP contribution is 2.35. The van der Waals surface area contributed by atoms with Gasteiger partial charge in [-0.1, -0.05) is 6.07 Å². The van der Waals surface area contributed by atoms with Gasteiger partial charge in [0.2, 0.25) is 0 Å². The van der Waals surface area contributed by atoms with Gasteiger partial charge in [0.1, 0.15) is 5.75 Å². The third-order valence-electron chi connectivity index (χ3n) is 3.66. The first-order chi connectivity index (χ1) is 10.2. The Hall–Kier alpha value is -2.23. The first-order valence-corrected chi connectivity index (χ1v) is 7.19. The van der Waals surface area contributed by atoms with Crippen molar-refractivity contribution in [1.82, 2.24) is 0 Å². The summed E-state index contributed by atoms with van der Waals surface area (Å²) < 4.78 is 24.7. The van der Waals surface area contributed by atoms with Crippen LogP contribution in [0, 0.1) is 5.82 Å². The topological polar surface area (TPSA) is 44.5 Å². The summed E-state index contributed by atoms with van der Waals surface area (Å²) in [6, 6.07) is 8.77. The summed E-state index contributed by atoms with van der Waals surface area (Å²) in [6.45, 7) is 2.19. The smallest absolute Gasteiger partial charge is 0.167 e. The average Bonchev–Trinajstić information content (AvgIpc) is 2.92. The fourth-order valence-electron chi connectivity index (χ4n) is 2.64. The van der Waals surface area contributed by atoms with Crippen LogP contribution < -0.4 is 15.2 Å². The molecule has 3 rings (SSSR count). The van der Waals surface area contributed by atoms with Crippen molar-refractivity contribution in [2.75, 3.05) is 12.3 Å². The first-order valence-electron chi connectivity index (χ1n) is 7.19. The van der Waals surface area contributed by atoms with E-state index in [4.69, 9.17) is 15.2 Å². The van der Waals surface area contributed by atoms with Crippen molar-refractivity contribution in [3.63, 3.8) is 0 Å². The number of benzene rings is 2. The second-order valence-electron chi connectivity index (χ2n) is 5.14. The van der Waals surface area contributed by atoms with E-state index in [1.807, 2.05) is 12.1 Å². The predicted molar refractivity (Wildman–Crippen MR) is 80.5 cm³/mol. The Labute approximate surface area is 123 Å². The third kappa shape index (κ3) is 2.79. The van der Waals surface area contributed by atoms with E-state index in [1.54, 1.807) is 6.92 Å². The number of halogens is 1. The quantitative estimate of drug-likeness (QED) is 0.861. The summed E-state index contributed by atoms with van der Waals surface area (Å²) in [7, 11) is 0. The van der Waals surface area contributed by atoms with Crippen LogP contribution >= 0.6 is 0 Å². The van der Waals surface area contributed by atoms with Crippen LogP contribution in [-0.4, -0.2) is 6.61 Å². The highest BCUT2D eigenvalue weighted by Gasteiger charge is 2.14. The van der Waals surface area contributed by atoms with Crippen molar-refractivity contribution in [1.29, 1.82) is 0 Å². The number of nitrogen functional groups attached to an aromatic ring is 1. The molecular formula is C17H18FNO2. The standard InChI is InChI=1S/C17H18FNO2/c1-2-20-16-10-17(15(19)9-14(16)18)21-13-7-6-11-4-3-5-12(11)8-13/h6-10H,2-5,19H2,1H3. The summed E-state index contributed by atoms with van der Waals surface area (Å²) in [5, 5.41) is 0. The average molecular weight is 287 g/mol. The van der Waals surface area contributed by atoms with Crippen molar-refractivity contribution in [3.05, 3.63) is 47.3 Å². The number of hydrogen-bond acceptors (Lipinski definition) is 3. The van der Waals surface area contributed by atoms with Crippen LogP contribution in [0.2, 0.25) is 0 Å². The van der Waals surface area contributed by atoms with Gasteiger partial charge in [0.25, 0.3) is 0 Å². The van der Waals surface area contributed by atoms with Gasteiger partial charge < -0.3 is 15.2 Å². The van der Waals surface area contributed by atoms with E-state index < -0.39 is 5.82 Å². The summed E-state index contributed by atoms with van der Waals surface area (Å²) >= 11 is 0. The molecule has 0 fully saturated rings. The molecule has 0 amide bonds. The molecule has 0 aromatic heterocycles. The van der Waals surface area contributed by atoms with Crippen molar-refractivity contribution < 1.29 is 13.9 Å². The molecule has 0 heterocycles. The number of nitrogens with two attached hydrogens (primary N) is 1. The molecule has 4 heteroatoms. The van der Waals surface area contributed by atoms with Gasteiger partial charge in [0.15, 0.2) is 17.3 Å². The third-order valence-corrected chi connectivity index (χ3v) is 3.66. The zero-order valence-electron chi connectivity index (χ0n) is 12.0. The number of anilines is 1. The van der Waals surface area contributed by atoms with Crippen LogP contribution in [0.1, 0.15) is 24.5 Å². The highest BCUT2D eigenvalue weighted by atomic mass is 19.1. The zero-order valence-corrected chi connectivity index (χ0v) is 12.0. The van der Waals surface area contributed by atoms with E-state index >= 15 is 0 Å². The minimum Gasteiger partial charge on any atom is -0.491 e. The predicted octanol–water partition coefficient (Wildman–Crippen LogP) is 4.09. The summed E-state index contributed by atoms with van der Waals surface area (Å²) in [5.74, 6) is 0.813. The molecule has 0 bridgehead atoms. The van der Waals surface area contributed by atoms with Crippen LogP contribution in [0.5, 0.6) is 17.2 Å². The van der Waals surface area contributed by atoms with Crippen LogP contribution in [-0.2, 0) is 12.8 Å². The van der Waals surface area contributed by atoms with E-state index in [0.717, 1.165) is 18.6 Å². The normalized spacial score (nSPS) is 13.0. The maximum Gasteiger partial charge on any atom is 0.167 e. The second-order valence-corrected chi connectivity index (χ2v) is 5.14. The van der Waals surface area contributed by atoms with E-state index in [9.17, 15) is 4.39 Å². The molecule has 0 unspecified atom stereocenters. The Kier molecular flexibility index (Phi) is 3.69. The maximum atomic E-state index is 13.7. The van der Waals surface area contributed by atoms with Gasteiger partial charge in [-0.2, -0.15) is 0 Å². The zero-order chi connectivity index (χ0) is 14.8. The molecular weight excluding hydrogens is 269 g/mol. The lowest BCUT2D eigenvalue weighted by Gasteiger charge is -2.12. The Morgan fingerprint density at radius 1 is 1.10 bits per heavy atom. The van der Waals surface area contributed by atoms with Crippen LogP contribution in [0.25, 0.3) is 0 Å². The Bertz CT molecular complexity index is 670. The molecule has 1 aliphatic carbocycles. The number of ether oxygens (including phenoxy) is 2. The van der Waals surface area contributed by atoms with Gasteiger partial charge in [-0.3, -0.25) is 0 Å². The van der Waals surface area contributed by atoms with Gasteiger partial charge in [-0.05, 0) is 49.4 Å². The van der Waals surface area contributed by atoms with Gasteiger partial charge >= 0.3 is 0 Å². The van der Waals surface area contributed by atoms with Crippen molar-refractivity contribution >= 4 is 5.69 Å². The molecule has 21 heavy (non-hydrogen) atoms. The molecule has 110 valence electrons. The molecule has 1 aliphatic rings. The molecule has 0 saturated heterocycles. The Morgan fingerprint density at radius 2 is 1.90 bits per heavy atom. The van der Waals surface area contributed by atoms with Crippen molar-refractivity contribution in [3.8, 4) is 17.2 Å². The van der Waals surface area contributed by atoms with Crippen LogP contribution in [0.3, 0.4) is 0 Å². The lowest BCUT2D eigenvalue weighted by atomic mass is 10.1. The number of aryl methyl sites for hydroxylation is 2. The van der Waals surface area contributed by atoms with E-state index in [2.05, 4.69) is 6.07 Å². The van der Waals surface area contributed by atoms with Crippen LogP contribution in [0.15, 0.2) is 30.3 Å². The molecule has 0 atom stereocenters. The molecule has 0 spiro atoms. The summed E-state index contributed by atoms with van der Waals surface area (Å²) in [4.78, 5) is 0. The number of fused-ring (bicyclic) bond motifs is 1. The lowest BCUT2D eigenvalue weighted by molar-refractivity contribution is 0.319. The Morgan fingerprint density at radius 3 is 2.71 bits per heavy atom. The highest BCUT2D eigenvalue weighted by molar-refractivity contribution is 5.58. The van der Waals surface area contributed by atoms with Gasteiger partial charge in [-0.25, -0.2) is 4.39 Å². The molecule has 0 aliphatic heterocycles. The Balaban J connectivity index is 1.88. The van der Waals surface area contributed by atoms with E-state index in [0.29, 0.717) is 12.4 Å². The summed E-state index contributed by atoms with van der Waals surface area (Å²) in [6.07, 6.45) is 3.39. The van der Waals surface area contributed by atoms with Crippen molar-refractivity contribution in [2.24, 2.45) is 0 Å². The lowest BCUT2D eigenvalue weighted by Crippen LogP contribution is -1.99. The van der Waals surface area contributed by atoms with E-state index in [1.165, 1.54) is 29.7 Å². The molecule has 3 nitrogen and oxygen atoms in total. The first kappa shape index (κ1) is 13.7. The minimum atomic E-state index is -0.476. The minimum absolute atomic E-state index is 0.155. The second kappa shape index (κ2) is 5.64. The monoisotopic (exact) mass is 287 g/mol. The maximum absolute atomic E-state index is 13.7. The largest absolute Gasteiger partial charge is 0.491 e. The summed E-state index contributed by atoms with van der Waals surface area (Å²) in [5.41, 5.74) is 8.78. The van der Waals surface area contributed by atoms with E-state index in [-0.39, 0.29) is 11.4 Å². The van der Waals surface area contributed by atoms with Gasteiger partial charge in [0, 0.05) is 12.1 Å². The number of hydrogen-bond donors (Lipinski definition) is 1. The van der Waals surface area contributed by atoms with Crippen molar-refractivity contribution in [2.45, 2.75) is 26.2 Å². The molecule has 2 aromatic carbocycles. The van der Waals surface area contributed by atoms with Gasteiger partial charge in [0.05, 0.1) is 12.3 Å². The molecule has 0 saturated carbocycles. The van der Waals surface area contributed by atoms with Gasteiger partial charge in [-0.15, -0.1) is 0 Å².